The second-order valence-corrected chi connectivity index (χ2v) is 4.80. The van der Waals surface area contributed by atoms with Gasteiger partial charge in [-0.25, -0.2) is 0 Å². The third-order valence-corrected chi connectivity index (χ3v) is 3.23. The highest BCUT2D eigenvalue weighted by molar-refractivity contribution is 6.12. The number of hydrogen-bond acceptors (Lipinski definition) is 3. The normalized spacial score (nSPS) is 11.2. The number of hydrogen-bond donors (Lipinski definition) is 0. The van der Waals surface area contributed by atoms with Crippen molar-refractivity contribution < 1.29 is 4.84 Å². The molecule has 3 rings (SSSR count). The van der Waals surface area contributed by atoms with Gasteiger partial charge in [-0.15, -0.1) is 0 Å². The number of oxime groups is 1. The zero-order valence-electron chi connectivity index (χ0n) is 12.1. The van der Waals surface area contributed by atoms with E-state index in [0.29, 0.717) is 6.61 Å². The van der Waals surface area contributed by atoms with Crippen LogP contribution in [-0.2, 0) is 11.4 Å². The van der Waals surface area contributed by atoms with Crippen molar-refractivity contribution in [2.45, 2.75) is 6.61 Å². The maximum atomic E-state index is 5.56. The Kier molecular flexibility index (Phi) is 4.57. The van der Waals surface area contributed by atoms with Crippen LogP contribution in [0.4, 0.5) is 0 Å². The monoisotopic (exact) mass is 288 g/mol. The highest BCUT2D eigenvalue weighted by atomic mass is 16.6. The van der Waals surface area contributed by atoms with Crippen molar-refractivity contribution in [1.29, 1.82) is 0 Å². The van der Waals surface area contributed by atoms with Gasteiger partial charge >= 0.3 is 0 Å². The average molecular weight is 288 g/mol. The third kappa shape index (κ3) is 3.58. The molecular formula is C19H16N2O. The number of nitrogens with zero attached hydrogens (tertiary/aromatic N) is 2. The van der Waals surface area contributed by atoms with Crippen LogP contribution >= 0.6 is 0 Å². The molecule has 0 atom stereocenters. The van der Waals surface area contributed by atoms with E-state index < -0.39 is 0 Å². The van der Waals surface area contributed by atoms with E-state index >= 15 is 0 Å². The van der Waals surface area contributed by atoms with Crippen molar-refractivity contribution in [3.63, 3.8) is 0 Å². The van der Waals surface area contributed by atoms with Crippen LogP contribution in [0, 0.1) is 0 Å². The summed E-state index contributed by atoms with van der Waals surface area (Å²) in [5.41, 5.74) is 3.89. The van der Waals surface area contributed by atoms with Gasteiger partial charge in [0.1, 0.15) is 12.3 Å². The van der Waals surface area contributed by atoms with Crippen molar-refractivity contribution >= 4 is 5.71 Å². The zero-order chi connectivity index (χ0) is 15.0. The summed E-state index contributed by atoms with van der Waals surface area (Å²) in [6.45, 7) is 0.447. The Labute approximate surface area is 129 Å². The van der Waals surface area contributed by atoms with Gasteiger partial charge in [0.05, 0.1) is 0 Å². The molecule has 0 aliphatic carbocycles. The summed E-state index contributed by atoms with van der Waals surface area (Å²) in [4.78, 5) is 9.61. The highest BCUT2D eigenvalue weighted by Gasteiger charge is 2.07. The summed E-state index contributed by atoms with van der Waals surface area (Å²) in [5.74, 6) is 0. The van der Waals surface area contributed by atoms with Crippen LogP contribution < -0.4 is 0 Å². The molecule has 3 heteroatoms. The highest BCUT2D eigenvalue weighted by Crippen LogP contribution is 2.11. The van der Waals surface area contributed by atoms with E-state index in [1.165, 1.54) is 0 Å². The van der Waals surface area contributed by atoms with E-state index in [-0.39, 0.29) is 0 Å². The van der Waals surface area contributed by atoms with Crippen LogP contribution in [0.15, 0.2) is 90.3 Å². The fraction of sp³-hybridized carbons (Fsp3) is 0.0526. The van der Waals surface area contributed by atoms with Crippen molar-refractivity contribution in [3.05, 3.63) is 102 Å². The van der Waals surface area contributed by atoms with Crippen LogP contribution in [0.2, 0.25) is 0 Å². The fourth-order valence-electron chi connectivity index (χ4n) is 2.12. The van der Waals surface area contributed by atoms with Crippen molar-refractivity contribution in [2.24, 2.45) is 5.16 Å². The number of rotatable bonds is 5. The SMILES string of the molecule is c1ccc(CON=C(c2ccccc2)c2ccncc2)cc1. The Bertz CT molecular complexity index is 684. The molecule has 0 saturated carbocycles. The predicted molar refractivity (Wildman–Crippen MR) is 87.5 cm³/mol. The second kappa shape index (κ2) is 7.18. The van der Waals surface area contributed by atoms with E-state index in [2.05, 4.69) is 10.1 Å². The Morgan fingerprint density at radius 2 is 1.36 bits per heavy atom. The number of aromatic nitrogens is 1. The summed E-state index contributed by atoms with van der Waals surface area (Å²) < 4.78 is 0. The van der Waals surface area contributed by atoms with Crippen molar-refractivity contribution in [3.8, 4) is 0 Å². The van der Waals surface area contributed by atoms with Crippen LogP contribution in [0.3, 0.4) is 0 Å². The van der Waals surface area contributed by atoms with Crippen LogP contribution in [0.1, 0.15) is 16.7 Å². The largest absolute Gasteiger partial charge is 0.390 e. The summed E-state index contributed by atoms with van der Waals surface area (Å²) in [6.07, 6.45) is 3.51. The van der Waals surface area contributed by atoms with Crippen molar-refractivity contribution in [1.82, 2.24) is 4.98 Å². The van der Waals surface area contributed by atoms with E-state index in [0.717, 1.165) is 22.4 Å². The molecule has 3 nitrogen and oxygen atoms in total. The first-order valence-electron chi connectivity index (χ1n) is 7.13. The maximum absolute atomic E-state index is 5.56. The smallest absolute Gasteiger partial charge is 0.142 e. The zero-order valence-corrected chi connectivity index (χ0v) is 12.1. The quantitative estimate of drug-likeness (QED) is 0.524. The lowest BCUT2D eigenvalue weighted by Crippen LogP contribution is -2.04. The molecule has 3 aromatic rings. The molecule has 0 N–H and O–H groups in total. The fourth-order valence-corrected chi connectivity index (χ4v) is 2.12. The molecule has 0 spiro atoms. The van der Waals surface area contributed by atoms with Gasteiger partial charge in [0.15, 0.2) is 0 Å². The molecule has 0 aliphatic rings. The van der Waals surface area contributed by atoms with Gasteiger partial charge in [0.2, 0.25) is 0 Å². The maximum Gasteiger partial charge on any atom is 0.142 e. The Balaban J connectivity index is 1.84. The molecule has 108 valence electrons. The summed E-state index contributed by atoms with van der Waals surface area (Å²) in [7, 11) is 0. The minimum Gasteiger partial charge on any atom is -0.390 e. The molecule has 0 fully saturated rings. The second-order valence-electron chi connectivity index (χ2n) is 4.80. The molecule has 1 aromatic heterocycles. The molecule has 0 amide bonds. The molecule has 0 aliphatic heterocycles. The van der Waals surface area contributed by atoms with E-state index in [9.17, 15) is 0 Å². The number of pyridine rings is 1. The van der Waals surface area contributed by atoms with E-state index in [1.54, 1.807) is 12.4 Å². The van der Waals surface area contributed by atoms with Gasteiger partial charge in [-0.2, -0.15) is 0 Å². The minimum atomic E-state index is 0.447. The van der Waals surface area contributed by atoms with Gasteiger partial charge in [-0.1, -0.05) is 65.8 Å². The van der Waals surface area contributed by atoms with Gasteiger partial charge in [0.25, 0.3) is 0 Å². The first kappa shape index (κ1) is 14.0. The summed E-state index contributed by atoms with van der Waals surface area (Å²) in [5, 5.41) is 4.35. The predicted octanol–water partition coefficient (Wildman–Crippen LogP) is 4.05. The lowest BCUT2D eigenvalue weighted by Gasteiger charge is -2.07. The molecular weight excluding hydrogens is 272 g/mol. The van der Waals surface area contributed by atoms with E-state index in [4.69, 9.17) is 4.84 Å². The molecule has 1 heterocycles. The van der Waals surface area contributed by atoms with Gasteiger partial charge in [-0.3, -0.25) is 4.98 Å². The molecule has 0 radical (unpaired) electrons. The summed E-state index contributed by atoms with van der Waals surface area (Å²) in [6, 6.07) is 23.9. The van der Waals surface area contributed by atoms with Gasteiger partial charge < -0.3 is 4.84 Å². The van der Waals surface area contributed by atoms with Crippen LogP contribution in [0.25, 0.3) is 0 Å². The first-order chi connectivity index (χ1) is 10.9. The summed E-state index contributed by atoms with van der Waals surface area (Å²) >= 11 is 0. The standard InChI is InChI=1S/C19H16N2O/c1-3-7-16(8-4-1)15-22-21-19(17-9-5-2-6-10-17)18-11-13-20-14-12-18/h1-14H,15H2. The molecule has 0 unspecified atom stereocenters. The molecule has 0 bridgehead atoms. The molecule has 0 saturated heterocycles. The molecule has 2 aromatic carbocycles. The average Bonchev–Trinajstić information content (AvgIpc) is 2.61. The topological polar surface area (TPSA) is 34.5 Å². The van der Waals surface area contributed by atoms with E-state index in [1.807, 2.05) is 72.8 Å². The van der Waals surface area contributed by atoms with Crippen molar-refractivity contribution in [2.75, 3.05) is 0 Å². The number of benzene rings is 2. The Morgan fingerprint density at radius 3 is 2.05 bits per heavy atom. The van der Waals surface area contributed by atoms with Crippen LogP contribution in [-0.4, -0.2) is 10.7 Å². The Hall–Kier alpha value is -2.94. The molecule has 22 heavy (non-hydrogen) atoms. The minimum absolute atomic E-state index is 0.447. The van der Waals surface area contributed by atoms with Gasteiger partial charge in [0, 0.05) is 23.5 Å². The lowest BCUT2D eigenvalue weighted by molar-refractivity contribution is 0.131. The van der Waals surface area contributed by atoms with Crippen LogP contribution in [0.5, 0.6) is 0 Å². The lowest BCUT2D eigenvalue weighted by atomic mass is 10.0. The Morgan fingerprint density at radius 1 is 0.773 bits per heavy atom. The first-order valence-corrected chi connectivity index (χ1v) is 7.13. The third-order valence-electron chi connectivity index (χ3n) is 3.23. The van der Waals surface area contributed by atoms with Gasteiger partial charge in [-0.05, 0) is 17.7 Å².